The summed E-state index contributed by atoms with van der Waals surface area (Å²) in [6, 6.07) is 0. The largest absolute Gasteiger partial charge is 0.354 e. The molecule has 12 heavy (non-hydrogen) atoms. The number of aryl methyl sites for hydroxylation is 1. The van der Waals surface area contributed by atoms with E-state index in [1.54, 1.807) is 11.3 Å². The first kappa shape index (κ1) is 9.52. The highest BCUT2D eigenvalue weighted by Crippen LogP contribution is 2.30. The van der Waals surface area contributed by atoms with Crippen molar-refractivity contribution in [2.24, 2.45) is 0 Å². The van der Waals surface area contributed by atoms with Crippen molar-refractivity contribution in [1.29, 1.82) is 0 Å². The summed E-state index contributed by atoms with van der Waals surface area (Å²) in [5, 5.41) is 1.11. The quantitative estimate of drug-likeness (QED) is 0.702. The van der Waals surface area contributed by atoms with Crippen molar-refractivity contribution in [2.75, 3.05) is 19.0 Å². The predicted molar refractivity (Wildman–Crippen MR) is 55.3 cm³/mol. The normalized spacial score (nSPS) is 10.8. The first-order valence-corrected chi connectivity index (χ1v) is 4.98. The van der Waals surface area contributed by atoms with Crippen LogP contribution in [0.15, 0.2) is 0 Å². The van der Waals surface area contributed by atoms with Gasteiger partial charge in [-0.25, -0.2) is 4.98 Å². The maximum atomic E-state index is 4.48. The number of anilines is 1. The summed E-state index contributed by atoms with van der Waals surface area (Å²) in [5.74, 6) is 0.594. The van der Waals surface area contributed by atoms with E-state index < -0.39 is 0 Å². The van der Waals surface area contributed by atoms with Crippen molar-refractivity contribution in [1.82, 2.24) is 4.98 Å². The van der Waals surface area contributed by atoms with Gasteiger partial charge in [0.2, 0.25) is 0 Å². The van der Waals surface area contributed by atoms with Gasteiger partial charge in [0.05, 0.1) is 5.69 Å². The molecule has 0 N–H and O–H groups in total. The topological polar surface area (TPSA) is 16.1 Å². The van der Waals surface area contributed by atoms with E-state index in [1.807, 2.05) is 14.1 Å². The van der Waals surface area contributed by atoms with E-state index in [0.29, 0.717) is 5.92 Å². The van der Waals surface area contributed by atoms with Crippen LogP contribution in [0.4, 0.5) is 5.13 Å². The number of hydrogen-bond donors (Lipinski definition) is 0. The molecule has 0 aromatic carbocycles. The van der Waals surface area contributed by atoms with Gasteiger partial charge in [-0.3, -0.25) is 0 Å². The van der Waals surface area contributed by atoms with Crippen LogP contribution in [-0.2, 0) is 0 Å². The molecule has 0 radical (unpaired) electrons. The molecule has 0 atom stereocenters. The lowest BCUT2D eigenvalue weighted by molar-refractivity contribution is 0.872. The average Bonchev–Trinajstić information content (AvgIpc) is 2.30. The van der Waals surface area contributed by atoms with Crippen molar-refractivity contribution < 1.29 is 0 Å². The molecule has 0 aliphatic rings. The number of rotatable bonds is 2. The van der Waals surface area contributed by atoms with E-state index in [1.165, 1.54) is 10.6 Å². The molecule has 0 fully saturated rings. The van der Waals surface area contributed by atoms with Gasteiger partial charge in [0, 0.05) is 19.0 Å². The van der Waals surface area contributed by atoms with E-state index >= 15 is 0 Å². The smallest absolute Gasteiger partial charge is 0.185 e. The zero-order valence-electron chi connectivity index (χ0n) is 8.38. The highest BCUT2D eigenvalue weighted by Gasteiger charge is 2.11. The molecule has 0 unspecified atom stereocenters. The molecule has 0 aliphatic carbocycles. The molecule has 1 aromatic rings. The van der Waals surface area contributed by atoms with Crippen molar-refractivity contribution in [2.45, 2.75) is 26.7 Å². The number of hydrogen-bond acceptors (Lipinski definition) is 3. The molecule has 68 valence electrons. The van der Waals surface area contributed by atoms with E-state index in [0.717, 1.165) is 5.13 Å². The standard InChI is InChI=1S/C9H16N2S/c1-6(2)8-7(3)10-9(12-8)11(4)5/h6H,1-5H3. The van der Waals surface area contributed by atoms with Crippen LogP contribution < -0.4 is 4.90 Å². The lowest BCUT2D eigenvalue weighted by atomic mass is 10.1. The summed E-state index contributed by atoms with van der Waals surface area (Å²) in [5.41, 5.74) is 1.18. The molecule has 0 aliphatic heterocycles. The van der Waals surface area contributed by atoms with Crippen LogP contribution in [0.5, 0.6) is 0 Å². The third-order valence-electron chi connectivity index (χ3n) is 1.73. The molecular formula is C9H16N2S. The second kappa shape index (κ2) is 3.44. The number of aromatic nitrogens is 1. The molecule has 0 saturated carbocycles. The minimum Gasteiger partial charge on any atom is -0.354 e. The molecule has 0 amide bonds. The summed E-state index contributed by atoms with van der Waals surface area (Å²) in [4.78, 5) is 7.94. The van der Waals surface area contributed by atoms with Crippen molar-refractivity contribution >= 4 is 16.5 Å². The summed E-state index contributed by atoms with van der Waals surface area (Å²) < 4.78 is 0. The maximum absolute atomic E-state index is 4.48. The van der Waals surface area contributed by atoms with Gasteiger partial charge >= 0.3 is 0 Å². The SMILES string of the molecule is Cc1nc(N(C)C)sc1C(C)C. The highest BCUT2D eigenvalue weighted by molar-refractivity contribution is 7.15. The third kappa shape index (κ3) is 1.78. The van der Waals surface area contributed by atoms with E-state index in [9.17, 15) is 0 Å². The van der Waals surface area contributed by atoms with Crippen LogP contribution in [0, 0.1) is 6.92 Å². The van der Waals surface area contributed by atoms with E-state index in [2.05, 4.69) is 30.7 Å². The van der Waals surface area contributed by atoms with Crippen LogP contribution in [0.25, 0.3) is 0 Å². The lowest BCUT2D eigenvalue weighted by Gasteiger charge is -2.05. The van der Waals surface area contributed by atoms with Gasteiger partial charge in [-0.1, -0.05) is 13.8 Å². The monoisotopic (exact) mass is 184 g/mol. The first-order valence-electron chi connectivity index (χ1n) is 4.17. The molecule has 1 aromatic heterocycles. The van der Waals surface area contributed by atoms with Crippen molar-refractivity contribution in [3.63, 3.8) is 0 Å². The number of nitrogens with zero attached hydrogens (tertiary/aromatic N) is 2. The summed E-state index contributed by atoms with van der Waals surface area (Å²) in [7, 11) is 4.06. The minimum absolute atomic E-state index is 0.594. The molecule has 0 spiro atoms. The van der Waals surface area contributed by atoms with Crippen LogP contribution in [-0.4, -0.2) is 19.1 Å². The molecule has 0 bridgehead atoms. The van der Waals surface area contributed by atoms with Gasteiger partial charge in [0.15, 0.2) is 5.13 Å². The molecule has 0 saturated heterocycles. The Morgan fingerprint density at radius 2 is 1.92 bits per heavy atom. The lowest BCUT2D eigenvalue weighted by Crippen LogP contribution is -2.07. The van der Waals surface area contributed by atoms with Gasteiger partial charge in [-0.15, -0.1) is 11.3 Å². The molecule has 1 rings (SSSR count). The predicted octanol–water partition coefficient (Wildman–Crippen LogP) is 2.64. The fourth-order valence-corrected chi connectivity index (χ4v) is 2.11. The van der Waals surface area contributed by atoms with Crippen LogP contribution in [0.2, 0.25) is 0 Å². The molecule has 2 nitrogen and oxygen atoms in total. The first-order chi connectivity index (χ1) is 5.52. The van der Waals surface area contributed by atoms with Crippen LogP contribution in [0.3, 0.4) is 0 Å². The van der Waals surface area contributed by atoms with Crippen molar-refractivity contribution in [3.05, 3.63) is 10.6 Å². The Kier molecular flexibility index (Phi) is 2.73. The highest BCUT2D eigenvalue weighted by atomic mass is 32.1. The van der Waals surface area contributed by atoms with E-state index in [-0.39, 0.29) is 0 Å². The van der Waals surface area contributed by atoms with Gasteiger partial charge in [0.25, 0.3) is 0 Å². The van der Waals surface area contributed by atoms with Crippen LogP contribution in [0.1, 0.15) is 30.3 Å². The zero-order chi connectivity index (χ0) is 9.30. The third-order valence-corrected chi connectivity index (χ3v) is 3.35. The Hall–Kier alpha value is -0.570. The molecular weight excluding hydrogens is 168 g/mol. The van der Waals surface area contributed by atoms with Gasteiger partial charge in [-0.05, 0) is 12.8 Å². The minimum atomic E-state index is 0.594. The Morgan fingerprint density at radius 3 is 2.17 bits per heavy atom. The second-order valence-electron chi connectivity index (χ2n) is 3.50. The Morgan fingerprint density at radius 1 is 1.33 bits per heavy atom. The van der Waals surface area contributed by atoms with Gasteiger partial charge < -0.3 is 4.90 Å². The van der Waals surface area contributed by atoms with Crippen molar-refractivity contribution in [3.8, 4) is 0 Å². The Labute approximate surface area is 78.2 Å². The second-order valence-corrected chi connectivity index (χ2v) is 4.50. The molecule has 3 heteroatoms. The van der Waals surface area contributed by atoms with Gasteiger partial charge in [0.1, 0.15) is 0 Å². The Balaban J connectivity index is 3.00. The summed E-state index contributed by atoms with van der Waals surface area (Å²) in [6.07, 6.45) is 0. The summed E-state index contributed by atoms with van der Waals surface area (Å²) in [6.45, 7) is 6.50. The molecule has 1 heterocycles. The zero-order valence-corrected chi connectivity index (χ0v) is 9.20. The van der Waals surface area contributed by atoms with Gasteiger partial charge in [-0.2, -0.15) is 0 Å². The van der Waals surface area contributed by atoms with Crippen LogP contribution >= 0.6 is 11.3 Å². The summed E-state index contributed by atoms with van der Waals surface area (Å²) >= 11 is 1.79. The fourth-order valence-electron chi connectivity index (χ4n) is 1.12. The average molecular weight is 184 g/mol. The number of thiazole rings is 1. The fraction of sp³-hybridized carbons (Fsp3) is 0.667. The maximum Gasteiger partial charge on any atom is 0.185 e. The van der Waals surface area contributed by atoms with E-state index in [4.69, 9.17) is 0 Å². The Bertz CT molecular complexity index is 263.